The molecule has 3 N–H and O–H groups in total. The van der Waals surface area contributed by atoms with Gasteiger partial charge in [-0.25, -0.2) is 4.79 Å². The predicted molar refractivity (Wildman–Crippen MR) is 53.0 cm³/mol. The highest BCUT2D eigenvalue weighted by atomic mass is 16.4. The minimum atomic E-state index is -0.872. The van der Waals surface area contributed by atoms with Crippen molar-refractivity contribution in [2.75, 3.05) is 13.1 Å². The van der Waals surface area contributed by atoms with E-state index in [-0.39, 0.29) is 17.7 Å². The van der Waals surface area contributed by atoms with Gasteiger partial charge in [-0.3, -0.25) is 4.79 Å². The normalized spacial score (nSPS) is 28.2. The van der Waals surface area contributed by atoms with Gasteiger partial charge in [0, 0.05) is 13.0 Å². The molecule has 1 aliphatic carbocycles. The Balaban J connectivity index is 2.07. The molecule has 5 nitrogen and oxygen atoms in total. The zero-order valence-electron chi connectivity index (χ0n) is 8.56. The number of nitrogens with zero attached hydrogens (tertiary/aromatic N) is 1. The molecular formula is C10H16N2O3. The third-order valence-electron chi connectivity index (χ3n) is 3.23. The van der Waals surface area contributed by atoms with Crippen LogP contribution >= 0.6 is 0 Å². The SMILES string of the molecule is NCC1CC(=O)N([C@H](C(=O)O)C2CC2)C1. The highest BCUT2D eigenvalue weighted by Crippen LogP contribution is 2.37. The second kappa shape index (κ2) is 3.81. The van der Waals surface area contributed by atoms with Gasteiger partial charge in [0.05, 0.1) is 0 Å². The summed E-state index contributed by atoms with van der Waals surface area (Å²) in [6, 6.07) is -0.603. The molecule has 1 amide bonds. The average Bonchev–Trinajstić information content (AvgIpc) is 2.92. The van der Waals surface area contributed by atoms with Crippen LogP contribution in [-0.2, 0) is 9.59 Å². The van der Waals surface area contributed by atoms with Gasteiger partial charge in [0.25, 0.3) is 0 Å². The number of carboxylic acids is 1. The number of hydrogen-bond donors (Lipinski definition) is 2. The maximum absolute atomic E-state index is 11.6. The Bertz CT molecular complexity index is 288. The molecular weight excluding hydrogens is 196 g/mol. The van der Waals surface area contributed by atoms with Crippen LogP contribution in [0.5, 0.6) is 0 Å². The summed E-state index contributed by atoms with van der Waals surface area (Å²) in [5, 5.41) is 9.10. The molecule has 0 aromatic heterocycles. The van der Waals surface area contributed by atoms with Crippen molar-refractivity contribution in [2.24, 2.45) is 17.6 Å². The van der Waals surface area contributed by atoms with Crippen molar-refractivity contribution in [2.45, 2.75) is 25.3 Å². The van der Waals surface area contributed by atoms with E-state index in [2.05, 4.69) is 0 Å². The van der Waals surface area contributed by atoms with Crippen LogP contribution in [0, 0.1) is 11.8 Å². The summed E-state index contributed by atoms with van der Waals surface area (Å²) in [6.45, 7) is 0.974. The van der Waals surface area contributed by atoms with E-state index in [1.54, 1.807) is 0 Å². The summed E-state index contributed by atoms with van der Waals surface area (Å²) in [7, 11) is 0. The standard InChI is InChI=1S/C10H16N2O3/c11-4-6-3-8(13)12(5-6)9(10(14)15)7-1-2-7/h6-7,9H,1-5,11H2,(H,14,15)/t6?,9-/m0/s1. The average molecular weight is 212 g/mol. The smallest absolute Gasteiger partial charge is 0.326 e. The molecule has 84 valence electrons. The van der Waals surface area contributed by atoms with Crippen molar-refractivity contribution in [3.8, 4) is 0 Å². The van der Waals surface area contributed by atoms with Gasteiger partial charge in [-0.05, 0) is 31.2 Å². The lowest BCUT2D eigenvalue weighted by Crippen LogP contribution is -2.44. The molecule has 2 atom stereocenters. The fourth-order valence-electron chi connectivity index (χ4n) is 2.24. The first-order valence-electron chi connectivity index (χ1n) is 5.35. The monoisotopic (exact) mass is 212 g/mol. The Morgan fingerprint density at radius 2 is 2.27 bits per heavy atom. The first-order chi connectivity index (χ1) is 7.13. The van der Waals surface area contributed by atoms with Gasteiger partial charge >= 0.3 is 5.97 Å². The van der Waals surface area contributed by atoms with Crippen molar-refractivity contribution in [1.82, 2.24) is 4.90 Å². The third-order valence-corrected chi connectivity index (χ3v) is 3.23. The lowest BCUT2D eigenvalue weighted by molar-refractivity contribution is -0.149. The second-order valence-electron chi connectivity index (χ2n) is 4.47. The van der Waals surface area contributed by atoms with Crippen LogP contribution in [0.2, 0.25) is 0 Å². The molecule has 15 heavy (non-hydrogen) atoms. The number of carboxylic acid groups (broad SMARTS) is 1. The molecule has 0 aromatic rings. The number of aliphatic carboxylic acids is 1. The van der Waals surface area contributed by atoms with Crippen LogP contribution in [0.15, 0.2) is 0 Å². The third kappa shape index (κ3) is 1.97. The number of carbonyl (C=O) groups excluding carboxylic acids is 1. The van der Waals surface area contributed by atoms with E-state index in [1.807, 2.05) is 0 Å². The van der Waals surface area contributed by atoms with Crippen molar-refractivity contribution >= 4 is 11.9 Å². The molecule has 2 fully saturated rings. The summed E-state index contributed by atoms with van der Waals surface area (Å²) < 4.78 is 0. The highest BCUT2D eigenvalue weighted by molar-refractivity contribution is 5.85. The number of rotatable bonds is 4. The molecule has 0 radical (unpaired) electrons. The Hall–Kier alpha value is -1.10. The van der Waals surface area contributed by atoms with Crippen LogP contribution in [0.1, 0.15) is 19.3 Å². The van der Waals surface area contributed by atoms with Crippen molar-refractivity contribution in [3.63, 3.8) is 0 Å². The number of carbonyl (C=O) groups is 2. The lowest BCUT2D eigenvalue weighted by Gasteiger charge is -2.24. The van der Waals surface area contributed by atoms with Crippen LogP contribution in [0.25, 0.3) is 0 Å². The van der Waals surface area contributed by atoms with E-state index >= 15 is 0 Å². The summed E-state index contributed by atoms with van der Waals surface area (Å²) in [6.07, 6.45) is 2.26. The van der Waals surface area contributed by atoms with Crippen LogP contribution in [0.3, 0.4) is 0 Å². The molecule has 2 aliphatic rings. The van der Waals surface area contributed by atoms with Gasteiger partial charge in [-0.2, -0.15) is 0 Å². The minimum absolute atomic E-state index is 0.0512. The van der Waals surface area contributed by atoms with Crippen molar-refractivity contribution in [1.29, 1.82) is 0 Å². The summed E-state index contributed by atoms with van der Waals surface area (Å²) in [4.78, 5) is 24.2. The fraction of sp³-hybridized carbons (Fsp3) is 0.800. The summed E-state index contributed by atoms with van der Waals surface area (Å²) in [5.41, 5.74) is 5.50. The minimum Gasteiger partial charge on any atom is -0.480 e. The van der Waals surface area contributed by atoms with Gasteiger partial charge in [0.15, 0.2) is 0 Å². The Morgan fingerprint density at radius 1 is 1.60 bits per heavy atom. The number of hydrogen-bond acceptors (Lipinski definition) is 3. The summed E-state index contributed by atoms with van der Waals surface area (Å²) >= 11 is 0. The first kappa shape index (κ1) is 10.4. The number of likely N-dealkylation sites (tertiary alicyclic amines) is 1. The molecule has 1 unspecified atom stereocenters. The van der Waals surface area contributed by atoms with Gasteiger partial charge in [-0.1, -0.05) is 0 Å². The zero-order chi connectivity index (χ0) is 11.0. The maximum Gasteiger partial charge on any atom is 0.326 e. The van der Waals surface area contributed by atoms with E-state index in [0.717, 1.165) is 12.8 Å². The Labute approximate surface area is 88.2 Å². The first-order valence-corrected chi connectivity index (χ1v) is 5.35. The predicted octanol–water partition coefficient (Wildman–Crippen LogP) is -0.343. The van der Waals surface area contributed by atoms with Crippen LogP contribution in [-0.4, -0.2) is 41.0 Å². The number of nitrogens with two attached hydrogens (primary N) is 1. The van der Waals surface area contributed by atoms with E-state index in [9.17, 15) is 9.59 Å². The van der Waals surface area contributed by atoms with Gasteiger partial charge in [0.2, 0.25) is 5.91 Å². The molecule has 0 aromatic carbocycles. The topological polar surface area (TPSA) is 83.6 Å². The largest absolute Gasteiger partial charge is 0.480 e. The van der Waals surface area contributed by atoms with E-state index < -0.39 is 12.0 Å². The quantitative estimate of drug-likeness (QED) is 0.667. The summed E-state index contributed by atoms with van der Waals surface area (Å²) in [5.74, 6) is -0.616. The second-order valence-corrected chi connectivity index (χ2v) is 4.47. The van der Waals surface area contributed by atoms with E-state index in [4.69, 9.17) is 10.8 Å². The lowest BCUT2D eigenvalue weighted by atomic mass is 10.1. The molecule has 0 spiro atoms. The van der Waals surface area contributed by atoms with Gasteiger partial charge < -0.3 is 15.7 Å². The fourth-order valence-corrected chi connectivity index (χ4v) is 2.24. The van der Waals surface area contributed by atoms with Crippen molar-refractivity contribution < 1.29 is 14.7 Å². The molecule has 5 heteroatoms. The Kier molecular flexibility index (Phi) is 2.65. The Morgan fingerprint density at radius 3 is 2.67 bits per heavy atom. The maximum atomic E-state index is 11.6. The van der Waals surface area contributed by atoms with Crippen LogP contribution < -0.4 is 5.73 Å². The molecule has 1 aliphatic heterocycles. The molecule has 1 heterocycles. The number of amides is 1. The van der Waals surface area contributed by atoms with E-state index in [1.165, 1.54) is 4.90 Å². The molecule has 0 bridgehead atoms. The molecule has 1 saturated heterocycles. The van der Waals surface area contributed by atoms with E-state index in [0.29, 0.717) is 19.5 Å². The highest BCUT2D eigenvalue weighted by Gasteiger charge is 2.45. The van der Waals surface area contributed by atoms with Gasteiger partial charge in [-0.15, -0.1) is 0 Å². The van der Waals surface area contributed by atoms with Crippen molar-refractivity contribution in [3.05, 3.63) is 0 Å². The zero-order valence-corrected chi connectivity index (χ0v) is 8.56. The van der Waals surface area contributed by atoms with Crippen LogP contribution in [0.4, 0.5) is 0 Å². The molecule has 2 rings (SSSR count). The molecule has 1 saturated carbocycles. The van der Waals surface area contributed by atoms with Gasteiger partial charge in [0.1, 0.15) is 6.04 Å².